The molecule has 20 heavy (non-hydrogen) atoms. The molecule has 106 valence electrons. The van der Waals surface area contributed by atoms with E-state index in [2.05, 4.69) is 4.90 Å². The van der Waals surface area contributed by atoms with Gasteiger partial charge in [-0.1, -0.05) is 18.2 Å². The molecule has 3 nitrogen and oxygen atoms in total. The highest BCUT2D eigenvalue weighted by Crippen LogP contribution is 2.19. The maximum absolute atomic E-state index is 13.6. The minimum atomic E-state index is -0.331. The molecule has 0 aliphatic heterocycles. The van der Waals surface area contributed by atoms with Crippen LogP contribution >= 0.6 is 0 Å². The van der Waals surface area contributed by atoms with E-state index < -0.39 is 0 Å². The Balaban J connectivity index is 2.01. The first-order chi connectivity index (χ1) is 9.58. The summed E-state index contributed by atoms with van der Waals surface area (Å²) < 4.78 is 18.5. The van der Waals surface area contributed by atoms with Crippen LogP contribution in [-0.2, 0) is 13.1 Å². The summed E-state index contributed by atoms with van der Waals surface area (Å²) in [5, 5.41) is 0. The number of nitrogens with zero attached hydrogens (tertiary/aromatic N) is 1. The predicted octanol–water partition coefficient (Wildman–Crippen LogP) is 3.05. The Bertz CT molecular complexity index is 586. The lowest BCUT2D eigenvalue weighted by Gasteiger charge is -2.17. The van der Waals surface area contributed by atoms with Crippen molar-refractivity contribution < 1.29 is 9.13 Å². The van der Waals surface area contributed by atoms with Crippen LogP contribution in [0, 0.1) is 5.82 Å². The fourth-order valence-corrected chi connectivity index (χ4v) is 2.18. The van der Waals surface area contributed by atoms with Crippen LogP contribution < -0.4 is 10.5 Å². The Kier molecular flexibility index (Phi) is 4.58. The Morgan fingerprint density at radius 3 is 2.40 bits per heavy atom. The molecule has 0 radical (unpaired) electrons. The van der Waals surface area contributed by atoms with E-state index in [4.69, 9.17) is 10.5 Å². The van der Waals surface area contributed by atoms with Gasteiger partial charge in [0, 0.05) is 18.8 Å². The molecule has 2 N–H and O–H groups in total. The van der Waals surface area contributed by atoms with E-state index in [1.54, 1.807) is 6.07 Å². The van der Waals surface area contributed by atoms with Gasteiger partial charge in [-0.2, -0.15) is 0 Å². The van der Waals surface area contributed by atoms with Gasteiger partial charge in [-0.3, -0.25) is 4.90 Å². The summed E-state index contributed by atoms with van der Waals surface area (Å²) in [6, 6.07) is 12.8. The molecule has 0 saturated heterocycles. The van der Waals surface area contributed by atoms with Gasteiger partial charge in [0.15, 0.2) is 11.6 Å². The number of hydrogen-bond acceptors (Lipinski definition) is 3. The summed E-state index contributed by atoms with van der Waals surface area (Å²) in [5.74, 6) is -0.0606. The highest BCUT2D eigenvalue weighted by molar-refractivity contribution is 5.40. The van der Waals surface area contributed by atoms with E-state index in [0.717, 1.165) is 23.4 Å². The molecule has 0 atom stereocenters. The third-order valence-electron chi connectivity index (χ3n) is 3.07. The Morgan fingerprint density at radius 1 is 1.10 bits per heavy atom. The molecule has 0 saturated carbocycles. The molecule has 0 aliphatic rings. The van der Waals surface area contributed by atoms with Gasteiger partial charge in [-0.15, -0.1) is 0 Å². The average Bonchev–Trinajstić information content (AvgIpc) is 2.38. The van der Waals surface area contributed by atoms with Crippen molar-refractivity contribution in [3.8, 4) is 5.75 Å². The minimum absolute atomic E-state index is 0.271. The van der Waals surface area contributed by atoms with Gasteiger partial charge in [-0.25, -0.2) is 4.39 Å². The van der Waals surface area contributed by atoms with Gasteiger partial charge in [-0.05, 0) is 42.4 Å². The molecule has 0 unspecified atom stereocenters. The van der Waals surface area contributed by atoms with Crippen LogP contribution in [0.2, 0.25) is 0 Å². The van der Waals surface area contributed by atoms with Gasteiger partial charge in [0.25, 0.3) is 0 Å². The standard InChI is InChI=1S/C16H19FN2O/c1-19(10-12-4-3-5-14(18)8-12)11-13-6-7-16(20-2)15(17)9-13/h3-9H,10-11,18H2,1-2H3. The molecule has 2 aromatic carbocycles. The van der Waals surface area contributed by atoms with Crippen molar-refractivity contribution in [2.24, 2.45) is 0 Å². The second kappa shape index (κ2) is 6.39. The van der Waals surface area contributed by atoms with E-state index in [1.165, 1.54) is 13.2 Å². The number of rotatable bonds is 5. The molecule has 0 aliphatic carbocycles. The normalized spacial score (nSPS) is 10.8. The van der Waals surface area contributed by atoms with E-state index in [-0.39, 0.29) is 11.6 Å². The molecule has 0 spiro atoms. The average molecular weight is 274 g/mol. The van der Waals surface area contributed by atoms with Gasteiger partial charge >= 0.3 is 0 Å². The number of ether oxygens (including phenoxy) is 1. The van der Waals surface area contributed by atoms with Crippen molar-refractivity contribution in [3.05, 3.63) is 59.4 Å². The molecular formula is C16H19FN2O. The highest BCUT2D eigenvalue weighted by atomic mass is 19.1. The van der Waals surface area contributed by atoms with Gasteiger partial charge in [0.2, 0.25) is 0 Å². The quantitative estimate of drug-likeness (QED) is 0.852. The maximum atomic E-state index is 13.6. The zero-order valence-corrected chi connectivity index (χ0v) is 11.8. The molecule has 2 aromatic rings. The number of hydrogen-bond donors (Lipinski definition) is 1. The number of benzene rings is 2. The van der Waals surface area contributed by atoms with Crippen LogP contribution in [0.3, 0.4) is 0 Å². The van der Waals surface area contributed by atoms with E-state index >= 15 is 0 Å². The summed E-state index contributed by atoms with van der Waals surface area (Å²) in [6.45, 7) is 1.43. The monoisotopic (exact) mass is 274 g/mol. The smallest absolute Gasteiger partial charge is 0.165 e. The lowest BCUT2D eigenvalue weighted by molar-refractivity contribution is 0.317. The van der Waals surface area contributed by atoms with Crippen molar-refractivity contribution in [3.63, 3.8) is 0 Å². The molecular weight excluding hydrogens is 255 g/mol. The first kappa shape index (κ1) is 14.3. The number of methoxy groups -OCH3 is 1. The van der Waals surface area contributed by atoms with Crippen molar-refractivity contribution in [1.29, 1.82) is 0 Å². The molecule has 4 heteroatoms. The highest BCUT2D eigenvalue weighted by Gasteiger charge is 2.06. The zero-order valence-electron chi connectivity index (χ0n) is 11.8. The topological polar surface area (TPSA) is 38.5 Å². The molecule has 2 rings (SSSR count). The van der Waals surface area contributed by atoms with Gasteiger partial charge < -0.3 is 10.5 Å². The summed E-state index contributed by atoms with van der Waals surface area (Å²) in [4.78, 5) is 2.11. The van der Waals surface area contributed by atoms with Crippen LogP contribution in [0.4, 0.5) is 10.1 Å². The van der Waals surface area contributed by atoms with Crippen LogP contribution in [0.5, 0.6) is 5.75 Å². The SMILES string of the molecule is COc1ccc(CN(C)Cc2cccc(N)c2)cc1F. The fraction of sp³-hybridized carbons (Fsp3) is 0.250. The molecule has 0 aromatic heterocycles. The number of halogens is 1. The third kappa shape index (κ3) is 3.71. The zero-order chi connectivity index (χ0) is 14.5. The third-order valence-corrected chi connectivity index (χ3v) is 3.07. The Labute approximate surface area is 118 Å². The van der Waals surface area contributed by atoms with Crippen LogP contribution in [0.1, 0.15) is 11.1 Å². The van der Waals surface area contributed by atoms with E-state index in [1.807, 2.05) is 37.4 Å². The molecule has 0 fully saturated rings. The van der Waals surface area contributed by atoms with Crippen molar-refractivity contribution in [1.82, 2.24) is 4.90 Å². The maximum Gasteiger partial charge on any atom is 0.165 e. The number of nitrogens with two attached hydrogens (primary N) is 1. The van der Waals surface area contributed by atoms with Crippen LogP contribution in [0.25, 0.3) is 0 Å². The summed E-state index contributed by atoms with van der Waals surface area (Å²) in [6.07, 6.45) is 0. The largest absolute Gasteiger partial charge is 0.494 e. The lowest BCUT2D eigenvalue weighted by atomic mass is 10.1. The van der Waals surface area contributed by atoms with Gasteiger partial charge in [0.1, 0.15) is 0 Å². The minimum Gasteiger partial charge on any atom is -0.494 e. The van der Waals surface area contributed by atoms with E-state index in [9.17, 15) is 4.39 Å². The van der Waals surface area contributed by atoms with Crippen molar-refractivity contribution in [2.45, 2.75) is 13.1 Å². The Hall–Kier alpha value is -2.07. The van der Waals surface area contributed by atoms with E-state index in [0.29, 0.717) is 6.54 Å². The van der Waals surface area contributed by atoms with Crippen LogP contribution in [0.15, 0.2) is 42.5 Å². The molecule has 0 amide bonds. The summed E-state index contributed by atoms with van der Waals surface area (Å²) in [5.41, 5.74) is 8.56. The summed E-state index contributed by atoms with van der Waals surface area (Å²) >= 11 is 0. The first-order valence-electron chi connectivity index (χ1n) is 6.44. The second-order valence-electron chi connectivity index (χ2n) is 4.89. The molecule has 0 bridgehead atoms. The molecule has 0 heterocycles. The second-order valence-corrected chi connectivity index (χ2v) is 4.89. The van der Waals surface area contributed by atoms with Crippen molar-refractivity contribution in [2.75, 3.05) is 19.9 Å². The van der Waals surface area contributed by atoms with Gasteiger partial charge in [0.05, 0.1) is 7.11 Å². The lowest BCUT2D eigenvalue weighted by Crippen LogP contribution is -2.17. The number of anilines is 1. The van der Waals surface area contributed by atoms with Crippen LogP contribution in [-0.4, -0.2) is 19.1 Å². The number of nitrogen functional groups attached to an aromatic ring is 1. The fourth-order valence-electron chi connectivity index (χ4n) is 2.18. The van der Waals surface area contributed by atoms with Crippen molar-refractivity contribution >= 4 is 5.69 Å². The first-order valence-corrected chi connectivity index (χ1v) is 6.44. The summed E-state index contributed by atoms with van der Waals surface area (Å²) in [7, 11) is 3.45. The predicted molar refractivity (Wildman–Crippen MR) is 79.0 cm³/mol. The Morgan fingerprint density at radius 2 is 1.80 bits per heavy atom.